The van der Waals surface area contributed by atoms with E-state index in [1.807, 2.05) is 24.3 Å². The third kappa shape index (κ3) is 3.74. The van der Waals surface area contributed by atoms with Gasteiger partial charge in [0.05, 0.1) is 12.8 Å². The van der Waals surface area contributed by atoms with E-state index in [1.165, 1.54) is 0 Å². The number of rotatable bonds is 8. The fraction of sp³-hybridized carbons (Fsp3) is 0.400. The number of amides is 2. The molecule has 6 nitrogen and oxygen atoms in total. The van der Waals surface area contributed by atoms with Crippen LogP contribution in [0.5, 0.6) is 0 Å². The first-order valence-corrected chi connectivity index (χ1v) is 9.06. The highest BCUT2D eigenvalue weighted by Crippen LogP contribution is 2.47. The average molecular weight is 355 g/mol. The lowest BCUT2D eigenvalue weighted by atomic mass is 10.0. The summed E-state index contributed by atoms with van der Waals surface area (Å²) in [4.78, 5) is 27.3. The number of hydrogen-bond donors (Lipinski definition) is 2. The van der Waals surface area contributed by atoms with Gasteiger partial charge in [-0.25, -0.2) is 0 Å². The van der Waals surface area contributed by atoms with Gasteiger partial charge in [-0.3, -0.25) is 9.59 Å². The molecule has 3 rings (SSSR count). The van der Waals surface area contributed by atoms with Crippen molar-refractivity contribution >= 4 is 23.2 Å². The van der Waals surface area contributed by atoms with Crippen LogP contribution in [0, 0.1) is 5.41 Å². The van der Waals surface area contributed by atoms with Crippen molar-refractivity contribution in [3.63, 3.8) is 0 Å². The maximum absolute atomic E-state index is 12.6. The number of nitrogens with one attached hydrogen (secondary N) is 2. The number of benzene rings is 1. The highest BCUT2D eigenvalue weighted by Gasteiger charge is 2.56. The summed E-state index contributed by atoms with van der Waals surface area (Å²) in [6.07, 6.45) is 2.70. The molecule has 26 heavy (non-hydrogen) atoms. The fourth-order valence-corrected chi connectivity index (χ4v) is 3.03. The summed E-state index contributed by atoms with van der Waals surface area (Å²) in [7, 11) is 0. The zero-order valence-electron chi connectivity index (χ0n) is 15.2. The minimum atomic E-state index is -0.954. The second-order valence-electron chi connectivity index (χ2n) is 6.52. The number of carbonyl (C=O) groups is 2. The summed E-state index contributed by atoms with van der Waals surface area (Å²) >= 11 is 0. The van der Waals surface area contributed by atoms with Crippen molar-refractivity contribution in [1.29, 1.82) is 0 Å². The lowest BCUT2D eigenvalue weighted by Crippen LogP contribution is -2.39. The van der Waals surface area contributed by atoms with E-state index in [9.17, 15) is 9.59 Å². The van der Waals surface area contributed by atoms with Crippen molar-refractivity contribution in [2.24, 2.45) is 5.41 Å². The molecule has 0 spiro atoms. The zero-order chi connectivity index (χ0) is 18.6. The number of furan rings is 1. The minimum absolute atomic E-state index is 0.244. The van der Waals surface area contributed by atoms with Crippen LogP contribution in [0.3, 0.4) is 0 Å². The molecule has 6 heteroatoms. The van der Waals surface area contributed by atoms with Crippen LogP contribution in [0.25, 0.3) is 0 Å². The van der Waals surface area contributed by atoms with E-state index in [1.54, 1.807) is 18.4 Å². The van der Waals surface area contributed by atoms with Gasteiger partial charge in [-0.2, -0.15) is 0 Å². The van der Waals surface area contributed by atoms with Crippen LogP contribution in [-0.4, -0.2) is 24.9 Å². The van der Waals surface area contributed by atoms with Crippen molar-refractivity contribution in [2.75, 3.05) is 23.3 Å². The van der Waals surface area contributed by atoms with Crippen LogP contribution >= 0.6 is 0 Å². The maximum Gasteiger partial charge on any atom is 0.240 e. The summed E-state index contributed by atoms with van der Waals surface area (Å²) < 4.78 is 5.20. The summed E-state index contributed by atoms with van der Waals surface area (Å²) in [5, 5.41) is 5.67. The highest BCUT2D eigenvalue weighted by molar-refractivity contribution is 6.13. The van der Waals surface area contributed by atoms with Crippen LogP contribution < -0.4 is 15.5 Å². The van der Waals surface area contributed by atoms with Gasteiger partial charge in [-0.15, -0.1) is 0 Å². The van der Waals surface area contributed by atoms with Crippen molar-refractivity contribution in [2.45, 2.75) is 33.2 Å². The Morgan fingerprint density at radius 2 is 1.77 bits per heavy atom. The molecule has 0 radical (unpaired) electrons. The van der Waals surface area contributed by atoms with Gasteiger partial charge in [-0.1, -0.05) is 0 Å². The quantitative estimate of drug-likeness (QED) is 0.713. The Hall–Kier alpha value is -2.76. The monoisotopic (exact) mass is 355 g/mol. The zero-order valence-corrected chi connectivity index (χ0v) is 15.2. The molecule has 1 saturated carbocycles. The Labute approximate surface area is 153 Å². The fourth-order valence-electron chi connectivity index (χ4n) is 3.03. The second kappa shape index (κ2) is 7.64. The number of nitrogens with zero attached hydrogens (tertiary/aromatic N) is 1. The SMILES string of the molecule is CCN(CC)c1ccc(NC(=O)C2(C(=O)NCc3ccco3)CC2)cc1. The van der Waals surface area contributed by atoms with E-state index in [2.05, 4.69) is 29.4 Å². The first-order valence-electron chi connectivity index (χ1n) is 9.06. The molecular weight excluding hydrogens is 330 g/mol. The summed E-state index contributed by atoms with van der Waals surface area (Å²) in [6.45, 7) is 6.37. The Morgan fingerprint density at radius 1 is 1.08 bits per heavy atom. The molecule has 1 fully saturated rings. The van der Waals surface area contributed by atoms with Crippen LogP contribution in [-0.2, 0) is 16.1 Å². The van der Waals surface area contributed by atoms with E-state index >= 15 is 0 Å². The molecular formula is C20H25N3O3. The van der Waals surface area contributed by atoms with Gasteiger partial charge in [0.2, 0.25) is 11.8 Å². The first kappa shape index (κ1) is 18.0. The molecule has 0 bridgehead atoms. The minimum Gasteiger partial charge on any atom is -0.467 e. The predicted molar refractivity (Wildman–Crippen MR) is 101 cm³/mol. The lowest BCUT2D eigenvalue weighted by Gasteiger charge is -2.21. The Bertz CT molecular complexity index is 745. The lowest BCUT2D eigenvalue weighted by molar-refractivity contribution is -0.134. The predicted octanol–water partition coefficient (Wildman–Crippen LogP) is 3.16. The third-order valence-electron chi connectivity index (χ3n) is 4.88. The molecule has 0 saturated heterocycles. The smallest absolute Gasteiger partial charge is 0.240 e. The van der Waals surface area contributed by atoms with E-state index < -0.39 is 5.41 Å². The molecule has 1 aromatic carbocycles. The molecule has 0 unspecified atom stereocenters. The molecule has 1 heterocycles. The molecule has 0 aliphatic heterocycles. The largest absolute Gasteiger partial charge is 0.467 e. The van der Waals surface area contributed by atoms with Crippen LogP contribution in [0.2, 0.25) is 0 Å². The molecule has 0 atom stereocenters. The Kier molecular flexibility index (Phi) is 5.30. The summed E-state index contributed by atoms with van der Waals surface area (Å²) in [5.41, 5.74) is 0.866. The van der Waals surface area contributed by atoms with Crippen LogP contribution in [0.4, 0.5) is 11.4 Å². The van der Waals surface area contributed by atoms with Gasteiger partial charge in [0.15, 0.2) is 0 Å². The van der Waals surface area contributed by atoms with Gasteiger partial charge in [0.1, 0.15) is 11.2 Å². The molecule has 1 aliphatic rings. The van der Waals surface area contributed by atoms with Gasteiger partial charge in [0, 0.05) is 24.5 Å². The van der Waals surface area contributed by atoms with Gasteiger partial charge >= 0.3 is 0 Å². The molecule has 1 aliphatic carbocycles. The summed E-state index contributed by atoms with van der Waals surface area (Å²) in [5.74, 6) is 0.178. The van der Waals surface area contributed by atoms with Crippen molar-refractivity contribution < 1.29 is 14.0 Å². The normalized spacial score (nSPS) is 14.5. The topological polar surface area (TPSA) is 74.6 Å². The van der Waals surface area contributed by atoms with Crippen LogP contribution in [0.1, 0.15) is 32.4 Å². The van der Waals surface area contributed by atoms with E-state index in [4.69, 9.17) is 4.42 Å². The highest BCUT2D eigenvalue weighted by atomic mass is 16.3. The molecule has 138 valence electrons. The number of anilines is 2. The van der Waals surface area contributed by atoms with E-state index in [-0.39, 0.29) is 11.8 Å². The Balaban J connectivity index is 1.59. The van der Waals surface area contributed by atoms with E-state index in [0.29, 0.717) is 30.8 Å². The number of carbonyl (C=O) groups excluding carboxylic acids is 2. The average Bonchev–Trinajstić information content (AvgIpc) is 3.31. The molecule has 2 aromatic rings. The standard InChI is InChI=1S/C20H25N3O3/c1-3-23(4-2)16-9-7-15(8-10-16)22-19(25)20(11-12-20)18(24)21-14-17-6-5-13-26-17/h5-10,13H,3-4,11-12,14H2,1-2H3,(H,21,24)(H,22,25). The maximum atomic E-state index is 12.6. The molecule has 2 amide bonds. The van der Waals surface area contributed by atoms with Gasteiger partial charge in [0.25, 0.3) is 0 Å². The second-order valence-corrected chi connectivity index (χ2v) is 6.52. The Morgan fingerprint density at radius 3 is 2.31 bits per heavy atom. The summed E-state index contributed by atoms with van der Waals surface area (Å²) in [6, 6.07) is 11.3. The first-order chi connectivity index (χ1) is 12.6. The molecule has 2 N–H and O–H groups in total. The van der Waals surface area contributed by atoms with Crippen molar-refractivity contribution in [1.82, 2.24) is 5.32 Å². The van der Waals surface area contributed by atoms with Gasteiger partial charge in [-0.05, 0) is 63.1 Å². The van der Waals surface area contributed by atoms with E-state index in [0.717, 1.165) is 18.8 Å². The van der Waals surface area contributed by atoms with Crippen LogP contribution in [0.15, 0.2) is 47.1 Å². The molecule has 1 aromatic heterocycles. The third-order valence-corrected chi connectivity index (χ3v) is 4.88. The number of hydrogen-bond acceptors (Lipinski definition) is 4. The van der Waals surface area contributed by atoms with Crippen molar-refractivity contribution in [3.8, 4) is 0 Å². The van der Waals surface area contributed by atoms with Crippen molar-refractivity contribution in [3.05, 3.63) is 48.4 Å². The van der Waals surface area contributed by atoms with Gasteiger partial charge < -0.3 is 20.0 Å².